The van der Waals surface area contributed by atoms with Gasteiger partial charge < -0.3 is 14.2 Å². The Bertz CT molecular complexity index is 1030. The molecule has 0 aliphatic heterocycles. The monoisotopic (exact) mass is 413 g/mol. The first-order valence-electron chi connectivity index (χ1n) is 9.05. The van der Waals surface area contributed by atoms with E-state index in [9.17, 15) is 8.42 Å². The summed E-state index contributed by atoms with van der Waals surface area (Å²) in [5, 5.41) is 0. The maximum Gasteiger partial charge on any atom is 0.240 e. The molecule has 0 unspecified atom stereocenters. The number of methoxy groups -OCH3 is 2. The Balaban J connectivity index is 1.59. The smallest absolute Gasteiger partial charge is 0.240 e. The lowest BCUT2D eigenvalue weighted by Crippen LogP contribution is -2.25. The van der Waals surface area contributed by atoms with Crippen LogP contribution in [-0.4, -0.2) is 29.2 Å². The number of benzene rings is 3. The summed E-state index contributed by atoms with van der Waals surface area (Å²) in [5.74, 6) is 2.51. The molecule has 0 heterocycles. The Hall–Kier alpha value is -3.03. The van der Waals surface area contributed by atoms with Crippen molar-refractivity contribution < 1.29 is 22.6 Å². The molecule has 0 radical (unpaired) electrons. The number of rotatable bonds is 9. The van der Waals surface area contributed by atoms with Gasteiger partial charge in [0.25, 0.3) is 0 Å². The van der Waals surface area contributed by atoms with Gasteiger partial charge in [0.1, 0.15) is 11.5 Å². The lowest BCUT2D eigenvalue weighted by atomic mass is 10.1. The molecule has 6 nitrogen and oxygen atoms in total. The van der Waals surface area contributed by atoms with Crippen LogP contribution in [0.5, 0.6) is 23.0 Å². The zero-order chi connectivity index (χ0) is 20.7. The number of hydrogen-bond acceptors (Lipinski definition) is 5. The fourth-order valence-corrected chi connectivity index (χ4v) is 3.79. The molecule has 0 atom stereocenters. The largest absolute Gasteiger partial charge is 0.493 e. The summed E-state index contributed by atoms with van der Waals surface area (Å²) in [6.45, 7) is 0.264. The number of ether oxygens (including phenoxy) is 3. The van der Waals surface area contributed by atoms with E-state index in [-0.39, 0.29) is 11.4 Å². The zero-order valence-electron chi connectivity index (χ0n) is 16.3. The van der Waals surface area contributed by atoms with Crippen molar-refractivity contribution in [1.29, 1.82) is 0 Å². The van der Waals surface area contributed by atoms with Crippen LogP contribution in [0.1, 0.15) is 5.56 Å². The Morgan fingerprint density at radius 1 is 0.793 bits per heavy atom. The summed E-state index contributed by atoms with van der Waals surface area (Å²) in [6, 6.07) is 21.1. The SMILES string of the molecule is COc1ccc(CCNS(=O)(=O)c2ccc(Oc3ccccc3)cc2)cc1OC. The summed E-state index contributed by atoms with van der Waals surface area (Å²) in [6.07, 6.45) is 0.523. The predicted molar refractivity (Wildman–Crippen MR) is 111 cm³/mol. The van der Waals surface area contributed by atoms with Crippen molar-refractivity contribution in [3.63, 3.8) is 0 Å². The molecule has 0 fully saturated rings. The molecule has 1 N–H and O–H groups in total. The van der Waals surface area contributed by atoms with Gasteiger partial charge in [0.15, 0.2) is 11.5 Å². The van der Waals surface area contributed by atoms with E-state index < -0.39 is 10.0 Å². The van der Waals surface area contributed by atoms with Crippen LogP contribution in [0.3, 0.4) is 0 Å². The second-order valence-electron chi connectivity index (χ2n) is 6.22. The highest BCUT2D eigenvalue weighted by molar-refractivity contribution is 7.89. The highest BCUT2D eigenvalue weighted by Gasteiger charge is 2.14. The van der Waals surface area contributed by atoms with Crippen molar-refractivity contribution in [2.45, 2.75) is 11.3 Å². The van der Waals surface area contributed by atoms with Gasteiger partial charge >= 0.3 is 0 Å². The quantitative estimate of drug-likeness (QED) is 0.574. The summed E-state index contributed by atoms with van der Waals surface area (Å²) in [4.78, 5) is 0.185. The van der Waals surface area contributed by atoms with E-state index in [0.717, 1.165) is 5.56 Å². The van der Waals surface area contributed by atoms with Gasteiger partial charge in [-0.1, -0.05) is 24.3 Å². The molecule has 152 valence electrons. The summed E-state index contributed by atoms with van der Waals surface area (Å²) in [7, 11) is -0.474. The molecule has 0 amide bonds. The van der Waals surface area contributed by atoms with Crippen LogP contribution >= 0.6 is 0 Å². The van der Waals surface area contributed by atoms with Gasteiger partial charge in [0.2, 0.25) is 10.0 Å². The van der Waals surface area contributed by atoms with Crippen molar-refractivity contribution in [3.05, 3.63) is 78.4 Å². The molecule has 7 heteroatoms. The molecular weight excluding hydrogens is 390 g/mol. The highest BCUT2D eigenvalue weighted by atomic mass is 32.2. The van der Waals surface area contributed by atoms with E-state index in [1.54, 1.807) is 32.4 Å². The van der Waals surface area contributed by atoms with Gasteiger partial charge in [-0.25, -0.2) is 13.1 Å². The molecule has 0 aliphatic rings. The van der Waals surface area contributed by atoms with Crippen LogP contribution in [0, 0.1) is 0 Å². The number of nitrogens with one attached hydrogen (secondary N) is 1. The van der Waals surface area contributed by atoms with Crippen LogP contribution < -0.4 is 18.9 Å². The molecule has 3 aromatic rings. The molecule has 0 saturated heterocycles. The van der Waals surface area contributed by atoms with E-state index in [1.807, 2.05) is 42.5 Å². The normalized spacial score (nSPS) is 11.1. The van der Waals surface area contributed by atoms with Crippen LogP contribution in [-0.2, 0) is 16.4 Å². The number of sulfonamides is 1. The minimum absolute atomic E-state index is 0.185. The predicted octanol–water partition coefficient (Wildman–Crippen LogP) is 4.02. The fourth-order valence-electron chi connectivity index (χ4n) is 2.76. The summed E-state index contributed by atoms with van der Waals surface area (Å²) >= 11 is 0. The third-order valence-corrected chi connectivity index (χ3v) is 5.74. The van der Waals surface area contributed by atoms with Crippen molar-refractivity contribution in [2.75, 3.05) is 20.8 Å². The van der Waals surface area contributed by atoms with E-state index in [0.29, 0.717) is 29.4 Å². The van der Waals surface area contributed by atoms with Crippen LogP contribution in [0.2, 0.25) is 0 Å². The maximum absolute atomic E-state index is 12.5. The molecular formula is C22H23NO5S. The molecule has 0 aliphatic carbocycles. The second kappa shape index (κ2) is 9.45. The molecule has 0 saturated carbocycles. The average molecular weight is 413 g/mol. The van der Waals surface area contributed by atoms with Gasteiger partial charge in [-0.15, -0.1) is 0 Å². The minimum Gasteiger partial charge on any atom is -0.493 e. The average Bonchev–Trinajstić information content (AvgIpc) is 2.74. The first-order valence-corrected chi connectivity index (χ1v) is 10.5. The van der Waals surface area contributed by atoms with E-state index in [1.165, 1.54) is 12.1 Å². The Kier molecular flexibility index (Phi) is 6.74. The van der Waals surface area contributed by atoms with Gasteiger partial charge in [-0.05, 0) is 60.5 Å². The van der Waals surface area contributed by atoms with Gasteiger partial charge in [-0.2, -0.15) is 0 Å². The van der Waals surface area contributed by atoms with Crippen molar-refractivity contribution >= 4 is 10.0 Å². The number of hydrogen-bond donors (Lipinski definition) is 1. The highest BCUT2D eigenvalue weighted by Crippen LogP contribution is 2.27. The lowest BCUT2D eigenvalue weighted by molar-refractivity contribution is 0.354. The fraction of sp³-hybridized carbons (Fsp3) is 0.182. The first-order chi connectivity index (χ1) is 14.0. The lowest BCUT2D eigenvalue weighted by Gasteiger charge is -2.11. The molecule has 0 spiro atoms. The van der Waals surface area contributed by atoms with Crippen molar-refractivity contribution in [1.82, 2.24) is 4.72 Å². The van der Waals surface area contributed by atoms with E-state index in [4.69, 9.17) is 14.2 Å². The Labute approximate surface area is 171 Å². The van der Waals surface area contributed by atoms with Crippen LogP contribution in [0.4, 0.5) is 0 Å². The minimum atomic E-state index is -3.61. The molecule has 3 aromatic carbocycles. The topological polar surface area (TPSA) is 73.9 Å². The maximum atomic E-state index is 12.5. The Morgan fingerprint density at radius 2 is 1.45 bits per heavy atom. The van der Waals surface area contributed by atoms with Gasteiger partial charge in [0.05, 0.1) is 19.1 Å². The molecule has 0 bridgehead atoms. The molecule has 29 heavy (non-hydrogen) atoms. The third kappa shape index (κ3) is 5.49. The van der Waals surface area contributed by atoms with Crippen LogP contribution in [0.25, 0.3) is 0 Å². The third-order valence-electron chi connectivity index (χ3n) is 4.27. The number of para-hydroxylation sites is 1. The van der Waals surface area contributed by atoms with E-state index in [2.05, 4.69) is 4.72 Å². The van der Waals surface area contributed by atoms with Crippen molar-refractivity contribution in [2.24, 2.45) is 0 Å². The second-order valence-corrected chi connectivity index (χ2v) is 7.99. The summed E-state index contributed by atoms with van der Waals surface area (Å²) < 4.78 is 43.8. The van der Waals surface area contributed by atoms with Gasteiger partial charge in [0, 0.05) is 6.54 Å². The molecule has 0 aromatic heterocycles. The zero-order valence-corrected chi connectivity index (χ0v) is 17.1. The van der Waals surface area contributed by atoms with E-state index >= 15 is 0 Å². The molecule has 3 rings (SSSR count). The van der Waals surface area contributed by atoms with Crippen LogP contribution in [0.15, 0.2) is 77.7 Å². The van der Waals surface area contributed by atoms with Gasteiger partial charge in [-0.3, -0.25) is 0 Å². The Morgan fingerprint density at radius 3 is 2.10 bits per heavy atom. The summed E-state index contributed by atoms with van der Waals surface area (Å²) in [5.41, 5.74) is 0.942. The standard InChI is InChI=1S/C22H23NO5S/c1-26-21-13-8-17(16-22(21)27-2)14-15-23-29(24,25)20-11-9-19(10-12-20)28-18-6-4-3-5-7-18/h3-13,16,23H,14-15H2,1-2H3. The first kappa shape index (κ1) is 20.7. The van der Waals surface area contributed by atoms with Crippen molar-refractivity contribution in [3.8, 4) is 23.0 Å².